The average Bonchev–Trinajstić information content (AvgIpc) is 2.25. The molecule has 0 amide bonds. The normalized spacial score (nSPS) is 23.6. The number of ether oxygens (including phenoxy) is 2. The fourth-order valence-electron chi connectivity index (χ4n) is 3.00. The molecule has 2 aliphatic rings. The summed E-state index contributed by atoms with van der Waals surface area (Å²) in [5.74, 6) is 0. The van der Waals surface area contributed by atoms with Crippen LogP contribution in [0.3, 0.4) is 0 Å². The van der Waals surface area contributed by atoms with Gasteiger partial charge in [-0.1, -0.05) is 23.8 Å². The zero-order chi connectivity index (χ0) is 12.8. The Kier molecular flexibility index (Phi) is 2.48. The van der Waals surface area contributed by atoms with Crippen molar-refractivity contribution in [3.05, 3.63) is 34.9 Å². The number of hydrogen-bond acceptors (Lipinski definition) is 3. The summed E-state index contributed by atoms with van der Waals surface area (Å²) in [4.78, 5) is 0. The molecule has 1 aromatic carbocycles. The highest BCUT2D eigenvalue weighted by Crippen LogP contribution is 2.52. The van der Waals surface area contributed by atoms with Gasteiger partial charge in [0.2, 0.25) is 0 Å². The maximum Gasteiger partial charge on any atom is 0.118 e. The molecule has 0 unspecified atom stereocenters. The van der Waals surface area contributed by atoms with Crippen molar-refractivity contribution in [1.82, 2.24) is 0 Å². The number of nitrogens with zero attached hydrogens (tertiary/aromatic N) is 1. The van der Waals surface area contributed by atoms with Gasteiger partial charge in [-0.2, -0.15) is 5.26 Å². The van der Waals surface area contributed by atoms with Crippen molar-refractivity contribution < 1.29 is 9.47 Å². The Balaban J connectivity index is 2.12. The van der Waals surface area contributed by atoms with Crippen molar-refractivity contribution in [2.24, 2.45) is 5.41 Å². The van der Waals surface area contributed by atoms with Gasteiger partial charge < -0.3 is 9.47 Å². The van der Waals surface area contributed by atoms with E-state index in [2.05, 4.69) is 38.1 Å². The van der Waals surface area contributed by atoms with E-state index >= 15 is 0 Å². The van der Waals surface area contributed by atoms with E-state index in [-0.39, 0.29) is 5.41 Å². The monoisotopic (exact) mass is 243 g/mol. The highest BCUT2D eigenvalue weighted by Gasteiger charge is 2.62. The Morgan fingerprint density at radius 1 is 1.11 bits per heavy atom. The van der Waals surface area contributed by atoms with Crippen molar-refractivity contribution >= 4 is 0 Å². The first-order valence-electron chi connectivity index (χ1n) is 6.28. The third kappa shape index (κ3) is 1.31. The van der Waals surface area contributed by atoms with Crippen LogP contribution in [0.1, 0.15) is 16.7 Å². The minimum Gasteiger partial charge on any atom is -0.379 e. The fraction of sp³-hybridized carbons (Fsp3) is 0.533. The van der Waals surface area contributed by atoms with Gasteiger partial charge in [-0.15, -0.1) is 0 Å². The predicted molar refractivity (Wildman–Crippen MR) is 67.3 cm³/mol. The van der Waals surface area contributed by atoms with E-state index in [1.807, 2.05) is 0 Å². The number of nitriles is 1. The van der Waals surface area contributed by atoms with E-state index in [0.717, 1.165) is 0 Å². The maximum atomic E-state index is 9.57. The first kappa shape index (κ1) is 11.7. The van der Waals surface area contributed by atoms with Gasteiger partial charge in [0.25, 0.3) is 0 Å². The standard InChI is InChI=1S/C15H17NO2/c1-11-3-4-12(2)13(5-11)15(9-18-10-15)14(6-16)7-17-8-14/h3-5H,7-10H2,1-2H3. The molecule has 0 atom stereocenters. The van der Waals surface area contributed by atoms with E-state index in [4.69, 9.17) is 9.47 Å². The zero-order valence-electron chi connectivity index (χ0n) is 10.8. The molecule has 2 aliphatic heterocycles. The van der Waals surface area contributed by atoms with Crippen molar-refractivity contribution in [3.8, 4) is 6.07 Å². The quantitative estimate of drug-likeness (QED) is 0.799. The lowest BCUT2D eigenvalue weighted by atomic mass is 9.57. The zero-order valence-corrected chi connectivity index (χ0v) is 10.8. The van der Waals surface area contributed by atoms with Gasteiger partial charge in [-0.3, -0.25) is 0 Å². The Morgan fingerprint density at radius 3 is 2.22 bits per heavy atom. The van der Waals surface area contributed by atoms with E-state index < -0.39 is 5.41 Å². The first-order valence-corrected chi connectivity index (χ1v) is 6.28. The van der Waals surface area contributed by atoms with Crippen LogP contribution in [0, 0.1) is 30.6 Å². The van der Waals surface area contributed by atoms with Crippen molar-refractivity contribution in [1.29, 1.82) is 5.26 Å². The van der Waals surface area contributed by atoms with Gasteiger partial charge in [0.15, 0.2) is 0 Å². The molecule has 0 spiro atoms. The van der Waals surface area contributed by atoms with Crippen molar-refractivity contribution in [2.45, 2.75) is 19.3 Å². The van der Waals surface area contributed by atoms with Crippen LogP contribution in [0.2, 0.25) is 0 Å². The number of aryl methyl sites for hydroxylation is 2. The summed E-state index contributed by atoms with van der Waals surface area (Å²) in [6, 6.07) is 8.95. The number of hydrogen-bond donors (Lipinski definition) is 0. The summed E-state index contributed by atoms with van der Waals surface area (Å²) in [5, 5.41) is 9.57. The van der Waals surface area contributed by atoms with Crippen molar-refractivity contribution in [2.75, 3.05) is 26.4 Å². The lowest BCUT2D eigenvalue weighted by Gasteiger charge is -2.56. The summed E-state index contributed by atoms with van der Waals surface area (Å²) in [6.07, 6.45) is 0. The van der Waals surface area contributed by atoms with Gasteiger partial charge in [0.05, 0.1) is 37.9 Å². The van der Waals surface area contributed by atoms with Crippen LogP contribution in [0.5, 0.6) is 0 Å². The Bertz CT molecular complexity index is 522. The predicted octanol–water partition coefficient (Wildman–Crippen LogP) is 2.11. The molecule has 0 aromatic heterocycles. The minimum atomic E-state index is -0.399. The third-order valence-electron chi connectivity index (χ3n) is 4.43. The second-order valence-electron chi connectivity index (χ2n) is 5.58. The second-order valence-corrected chi connectivity index (χ2v) is 5.58. The van der Waals surface area contributed by atoms with Crippen LogP contribution in [0.25, 0.3) is 0 Å². The van der Waals surface area contributed by atoms with Gasteiger partial charge in [-0.05, 0) is 25.0 Å². The topological polar surface area (TPSA) is 42.2 Å². The van der Waals surface area contributed by atoms with E-state index in [0.29, 0.717) is 26.4 Å². The molecule has 3 nitrogen and oxygen atoms in total. The Morgan fingerprint density at radius 2 is 1.78 bits per heavy atom. The fourth-order valence-corrected chi connectivity index (χ4v) is 3.00. The van der Waals surface area contributed by atoms with Gasteiger partial charge in [0, 0.05) is 0 Å². The summed E-state index contributed by atoms with van der Waals surface area (Å²) < 4.78 is 10.8. The molecular formula is C15H17NO2. The lowest BCUT2D eigenvalue weighted by molar-refractivity contribution is -0.201. The van der Waals surface area contributed by atoms with E-state index in [1.165, 1.54) is 16.7 Å². The summed E-state index contributed by atoms with van der Waals surface area (Å²) in [7, 11) is 0. The summed E-state index contributed by atoms with van der Waals surface area (Å²) in [6.45, 7) is 6.52. The highest BCUT2D eigenvalue weighted by molar-refractivity contribution is 5.43. The molecule has 0 bridgehead atoms. The van der Waals surface area contributed by atoms with Gasteiger partial charge >= 0.3 is 0 Å². The second kappa shape index (κ2) is 3.81. The van der Waals surface area contributed by atoms with E-state index in [1.54, 1.807) is 0 Å². The largest absolute Gasteiger partial charge is 0.379 e. The van der Waals surface area contributed by atoms with Crippen LogP contribution in [-0.4, -0.2) is 26.4 Å². The lowest BCUT2D eigenvalue weighted by Crippen LogP contribution is -2.66. The average molecular weight is 243 g/mol. The molecule has 18 heavy (non-hydrogen) atoms. The molecule has 0 N–H and O–H groups in total. The molecule has 0 aliphatic carbocycles. The SMILES string of the molecule is Cc1ccc(C)c(C2(C3(C#N)COC3)COC2)c1. The third-order valence-corrected chi connectivity index (χ3v) is 4.43. The Hall–Kier alpha value is -1.37. The number of benzene rings is 1. The molecule has 2 heterocycles. The van der Waals surface area contributed by atoms with Crippen molar-refractivity contribution in [3.63, 3.8) is 0 Å². The molecule has 1 aromatic rings. The van der Waals surface area contributed by atoms with Crippen LogP contribution in [0.15, 0.2) is 18.2 Å². The van der Waals surface area contributed by atoms with Crippen LogP contribution in [-0.2, 0) is 14.9 Å². The van der Waals surface area contributed by atoms with Gasteiger partial charge in [-0.25, -0.2) is 0 Å². The highest BCUT2D eigenvalue weighted by atomic mass is 16.5. The molecule has 2 fully saturated rings. The van der Waals surface area contributed by atoms with Crippen LogP contribution in [0.4, 0.5) is 0 Å². The summed E-state index contributed by atoms with van der Waals surface area (Å²) >= 11 is 0. The van der Waals surface area contributed by atoms with Crippen LogP contribution >= 0.6 is 0 Å². The van der Waals surface area contributed by atoms with Crippen LogP contribution < -0.4 is 0 Å². The molecule has 3 heteroatoms. The molecule has 2 saturated heterocycles. The first-order chi connectivity index (χ1) is 8.63. The summed E-state index contributed by atoms with van der Waals surface area (Å²) in [5.41, 5.74) is 3.17. The number of rotatable bonds is 2. The molecule has 0 radical (unpaired) electrons. The molecular weight excluding hydrogens is 226 g/mol. The van der Waals surface area contributed by atoms with E-state index in [9.17, 15) is 5.26 Å². The molecule has 94 valence electrons. The smallest absolute Gasteiger partial charge is 0.118 e. The maximum absolute atomic E-state index is 9.57. The van der Waals surface area contributed by atoms with Gasteiger partial charge in [0.1, 0.15) is 5.41 Å². The molecule has 0 saturated carbocycles. The Labute approximate surface area is 107 Å². The molecule has 3 rings (SSSR count). The minimum absolute atomic E-state index is 0.171.